The Hall–Kier alpha value is -3.89. The minimum Gasteiger partial charge on any atom is -0.494 e. The molecule has 12 heteroatoms. The first-order valence-corrected chi connectivity index (χ1v) is 12.0. The van der Waals surface area contributed by atoms with Crippen LogP contribution in [0.2, 0.25) is 10.0 Å². The fourth-order valence-electron chi connectivity index (χ4n) is 4.14. The van der Waals surface area contributed by atoms with Gasteiger partial charge in [-0.3, -0.25) is 4.79 Å². The summed E-state index contributed by atoms with van der Waals surface area (Å²) >= 11 is 12.3. The molecule has 0 aliphatic heterocycles. The second-order valence-corrected chi connectivity index (χ2v) is 8.95. The summed E-state index contributed by atoms with van der Waals surface area (Å²) < 4.78 is 56.1. The van der Waals surface area contributed by atoms with E-state index in [2.05, 4.69) is 15.0 Å². The van der Waals surface area contributed by atoms with Crippen molar-refractivity contribution in [3.05, 3.63) is 93.9 Å². The Labute approximate surface area is 223 Å². The molecular formula is C26H17Cl2F3N4O3. The molecule has 3 aromatic heterocycles. The first kappa shape index (κ1) is 25.7. The molecule has 38 heavy (non-hydrogen) atoms. The molecule has 2 aromatic carbocycles. The third-order valence-corrected chi connectivity index (χ3v) is 6.31. The average molecular weight is 561 g/mol. The average Bonchev–Trinajstić information content (AvgIpc) is 3.49. The van der Waals surface area contributed by atoms with Crippen LogP contribution in [0.5, 0.6) is 5.75 Å². The van der Waals surface area contributed by atoms with Crippen LogP contribution in [0, 0.1) is 0 Å². The lowest BCUT2D eigenvalue weighted by atomic mass is 10.1. The number of hydrogen-bond donors (Lipinski definition) is 0. The highest BCUT2D eigenvalue weighted by molar-refractivity contribution is 6.35. The topological polar surface area (TPSA) is 83.0 Å². The van der Waals surface area contributed by atoms with E-state index in [4.69, 9.17) is 32.4 Å². The maximum Gasteiger partial charge on any atom is 0.432 e. The van der Waals surface area contributed by atoms with E-state index in [1.54, 1.807) is 13.0 Å². The molecule has 0 bridgehead atoms. The summed E-state index contributed by atoms with van der Waals surface area (Å²) in [5, 5.41) is 0.557. The Morgan fingerprint density at radius 3 is 2.61 bits per heavy atom. The summed E-state index contributed by atoms with van der Waals surface area (Å²) in [4.78, 5) is 25.4. The third-order valence-electron chi connectivity index (χ3n) is 5.72. The highest BCUT2D eigenvalue weighted by Crippen LogP contribution is 2.41. The van der Waals surface area contributed by atoms with Crippen LogP contribution in [0.25, 0.3) is 22.4 Å². The van der Waals surface area contributed by atoms with E-state index in [0.717, 1.165) is 4.57 Å². The van der Waals surface area contributed by atoms with E-state index in [0.29, 0.717) is 22.0 Å². The Balaban J connectivity index is 1.73. The number of alkyl halides is 3. The molecule has 0 N–H and O–H groups in total. The zero-order valence-electron chi connectivity index (χ0n) is 19.6. The lowest BCUT2D eigenvalue weighted by Crippen LogP contribution is -2.19. The fourth-order valence-corrected chi connectivity index (χ4v) is 4.61. The molecule has 0 amide bonds. The molecule has 0 unspecified atom stereocenters. The highest BCUT2D eigenvalue weighted by Gasteiger charge is 2.42. The van der Waals surface area contributed by atoms with Crippen molar-refractivity contribution < 1.29 is 27.1 Å². The van der Waals surface area contributed by atoms with Crippen molar-refractivity contribution in [2.24, 2.45) is 0 Å². The van der Waals surface area contributed by atoms with Gasteiger partial charge in [0.15, 0.2) is 5.76 Å². The van der Waals surface area contributed by atoms with Crippen LogP contribution < -0.4 is 4.74 Å². The van der Waals surface area contributed by atoms with Crippen molar-refractivity contribution in [2.45, 2.75) is 19.6 Å². The Morgan fingerprint density at radius 1 is 1.11 bits per heavy atom. The summed E-state index contributed by atoms with van der Waals surface area (Å²) in [5.74, 6) is -1.15. The van der Waals surface area contributed by atoms with E-state index in [1.165, 1.54) is 55.1 Å². The zero-order chi connectivity index (χ0) is 27.0. The van der Waals surface area contributed by atoms with Gasteiger partial charge in [-0.2, -0.15) is 13.2 Å². The van der Waals surface area contributed by atoms with Crippen LogP contribution in [-0.4, -0.2) is 31.9 Å². The number of carbonyl (C=O) groups is 1. The molecule has 0 saturated carbocycles. The van der Waals surface area contributed by atoms with Crippen LogP contribution in [-0.2, 0) is 12.7 Å². The van der Waals surface area contributed by atoms with Gasteiger partial charge in [-0.25, -0.2) is 15.0 Å². The molecule has 0 saturated heterocycles. The Morgan fingerprint density at radius 2 is 1.92 bits per heavy atom. The van der Waals surface area contributed by atoms with Gasteiger partial charge in [-0.1, -0.05) is 29.3 Å². The van der Waals surface area contributed by atoms with E-state index >= 15 is 0 Å². The maximum atomic E-state index is 14.7. The smallest absolute Gasteiger partial charge is 0.432 e. The number of hydrogen-bond acceptors (Lipinski definition) is 6. The van der Waals surface area contributed by atoms with E-state index in [9.17, 15) is 18.0 Å². The summed E-state index contributed by atoms with van der Waals surface area (Å²) in [6.07, 6.45) is -0.970. The van der Waals surface area contributed by atoms with Crippen molar-refractivity contribution in [2.75, 3.05) is 6.61 Å². The SMILES string of the molecule is CCOc1ccc2c(c1)c(C(=O)c1ncc(-c3ccncn3)o1)c(C(F)(F)F)n2Cc1ccc(Cl)cc1Cl. The minimum atomic E-state index is -4.92. The van der Waals surface area contributed by atoms with Crippen molar-refractivity contribution in [1.82, 2.24) is 19.5 Å². The van der Waals surface area contributed by atoms with Crippen molar-refractivity contribution in [1.29, 1.82) is 0 Å². The standard InChI is InChI=1S/C26H17Cl2F3N4O3/c1-2-37-16-5-6-20-17(10-16)22(23(36)25-33-11-21(38-25)19-7-8-32-13-34-19)24(26(29,30)31)35(20)12-14-3-4-15(27)9-18(14)28/h3-11,13H,2,12H2,1H3. The van der Waals surface area contributed by atoms with E-state index in [-0.39, 0.29) is 34.8 Å². The van der Waals surface area contributed by atoms with Gasteiger partial charge in [0.1, 0.15) is 23.5 Å². The van der Waals surface area contributed by atoms with Gasteiger partial charge in [0.05, 0.1) is 18.4 Å². The second kappa shape index (κ2) is 10.1. The van der Waals surface area contributed by atoms with Gasteiger partial charge in [0, 0.05) is 33.7 Å². The van der Waals surface area contributed by atoms with Gasteiger partial charge in [-0.05, 0) is 48.9 Å². The predicted molar refractivity (Wildman–Crippen MR) is 135 cm³/mol. The molecule has 0 spiro atoms. The molecule has 194 valence electrons. The van der Waals surface area contributed by atoms with Gasteiger partial charge >= 0.3 is 6.18 Å². The summed E-state index contributed by atoms with van der Waals surface area (Å²) in [6, 6.07) is 10.4. The normalized spacial score (nSPS) is 11.7. The van der Waals surface area contributed by atoms with Crippen LogP contribution in [0.4, 0.5) is 13.2 Å². The third kappa shape index (κ3) is 4.84. The van der Waals surface area contributed by atoms with Gasteiger partial charge in [0.25, 0.3) is 11.7 Å². The van der Waals surface area contributed by atoms with Gasteiger partial charge in [0.2, 0.25) is 0 Å². The predicted octanol–water partition coefficient (Wildman–Crippen LogP) is 7.09. The molecular weight excluding hydrogens is 544 g/mol. The van der Waals surface area contributed by atoms with Crippen LogP contribution in [0.3, 0.4) is 0 Å². The molecule has 5 rings (SSSR count). The number of benzene rings is 2. The van der Waals surface area contributed by atoms with Gasteiger partial charge in [-0.15, -0.1) is 0 Å². The van der Waals surface area contributed by atoms with Crippen LogP contribution in [0.1, 0.15) is 34.4 Å². The molecule has 5 aromatic rings. The van der Waals surface area contributed by atoms with Crippen molar-refractivity contribution in [3.8, 4) is 17.2 Å². The number of aromatic nitrogens is 4. The summed E-state index contributed by atoms with van der Waals surface area (Å²) in [7, 11) is 0. The number of halogens is 5. The number of carbonyl (C=O) groups excluding carboxylic acids is 1. The quantitative estimate of drug-likeness (QED) is 0.197. The highest BCUT2D eigenvalue weighted by atomic mass is 35.5. The first-order chi connectivity index (χ1) is 18.2. The Kier molecular flexibility index (Phi) is 6.85. The largest absolute Gasteiger partial charge is 0.494 e. The number of nitrogens with zero attached hydrogens (tertiary/aromatic N) is 4. The van der Waals surface area contributed by atoms with E-state index in [1.807, 2.05) is 0 Å². The molecule has 3 heterocycles. The lowest BCUT2D eigenvalue weighted by molar-refractivity contribution is -0.143. The molecule has 0 fully saturated rings. The number of ether oxygens (including phenoxy) is 1. The molecule has 0 atom stereocenters. The number of rotatable bonds is 7. The minimum absolute atomic E-state index is 0.0279. The van der Waals surface area contributed by atoms with E-state index < -0.39 is 29.1 Å². The van der Waals surface area contributed by atoms with Crippen molar-refractivity contribution >= 4 is 39.9 Å². The number of fused-ring (bicyclic) bond motifs is 1. The maximum absolute atomic E-state index is 14.7. The Bertz CT molecular complexity index is 1650. The molecule has 0 aliphatic rings. The number of ketones is 1. The number of oxazole rings is 1. The monoisotopic (exact) mass is 560 g/mol. The molecule has 0 radical (unpaired) electrons. The van der Waals surface area contributed by atoms with Gasteiger partial charge < -0.3 is 13.7 Å². The molecule has 7 nitrogen and oxygen atoms in total. The summed E-state index contributed by atoms with van der Waals surface area (Å²) in [6.45, 7) is 1.75. The van der Waals surface area contributed by atoms with Crippen LogP contribution >= 0.6 is 23.2 Å². The summed E-state index contributed by atoms with van der Waals surface area (Å²) in [5.41, 5.74) is -0.929. The van der Waals surface area contributed by atoms with Crippen LogP contribution in [0.15, 0.2) is 65.6 Å². The fraction of sp³-hybridized carbons (Fsp3) is 0.154. The van der Waals surface area contributed by atoms with Crippen molar-refractivity contribution in [3.63, 3.8) is 0 Å². The second-order valence-electron chi connectivity index (χ2n) is 8.11. The molecule has 0 aliphatic carbocycles. The lowest BCUT2D eigenvalue weighted by Gasteiger charge is -2.15. The zero-order valence-corrected chi connectivity index (χ0v) is 21.1. The first-order valence-electron chi connectivity index (χ1n) is 11.2.